The lowest BCUT2D eigenvalue weighted by Gasteiger charge is -2.20. The highest BCUT2D eigenvalue weighted by atomic mass is 35.5. The summed E-state index contributed by atoms with van der Waals surface area (Å²) in [7, 11) is 0. The highest BCUT2D eigenvalue weighted by Gasteiger charge is 2.12. The van der Waals surface area contributed by atoms with Crippen LogP contribution in [0, 0.1) is 6.92 Å². The van der Waals surface area contributed by atoms with Crippen LogP contribution in [0.4, 0.5) is 0 Å². The van der Waals surface area contributed by atoms with Crippen molar-refractivity contribution in [2.24, 2.45) is 0 Å². The summed E-state index contributed by atoms with van der Waals surface area (Å²) < 4.78 is 0. The maximum atomic E-state index is 6.15. The number of hydrogen-bond donors (Lipinski definition) is 1. The topological polar surface area (TPSA) is 50.7 Å². The number of pyridine rings is 1. The van der Waals surface area contributed by atoms with E-state index < -0.39 is 0 Å². The first-order valence-electron chi connectivity index (χ1n) is 6.56. The second-order valence-electron chi connectivity index (χ2n) is 5.76. The Morgan fingerprint density at radius 2 is 2.00 bits per heavy atom. The van der Waals surface area contributed by atoms with Crippen molar-refractivity contribution in [2.45, 2.75) is 39.8 Å². The molecular formula is C15H19ClN4. The van der Waals surface area contributed by atoms with E-state index in [9.17, 15) is 0 Å². The molecule has 0 radical (unpaired) electrons. The highest BCUT2D eigenvalue weighted by Crippen LogP contribution is 2.22. The highest BCUT2D eigenvalue weighted by molar-refractivity contribution is 6.32. The monoisotopic (exact) mass is 290 g/mol. The molecule has 0 bridgehead atoms. The number of aryl methyl sites for hydroxylation is 1. The van der Waals surface area contributed by atoms with Crippen molar-refractivity contribution in [3.8, 4) is 11.5 Å². The third-order valence-corrected chi connectivity index (χ3v) is 2.98. The molecule has 4 nitrogen and oxygen atoms in total. The molecule has 0 aromatic carbocycles. The Balaban J connectivity index is 2.32. The van der Waals surface area contributed by atoms with Crippen LogP contribution < -0.4 is 5.32 Å². The maximum Gasteiger partial charge on any atom is 0.180 e. The quantitative estimate of drug-likeness (QED) is 0.941. The first-order valence-corrected chi connectivity index (χ1v) is 6.93. The van der Waals surface area contributed by atoms with E-state index in [4.69, 9.17) is 11.6 Å². The Bertz CT molecular complexity index is 605. The zero-order valence-electron chi connectivity index (χ0n) is 12.2. The van der Waals surface area contributed by atoms with Gasteiger partial charge in [-0.15, -0.1) is 0 Å². The summed E-state index contributed by atoms with van der Waals surface area (Å²) in [6.45, 7) is 9.00. The van der Waals surface area contributed by atoms with E-state index in [1.165, 1.54) is 0 Å². The van der Waals surface area contributed by atoms with E-state index in [0.717, 1.165) is 11.4 Å². The smallest absolute Gasteiger partial charge is 0.180 e. The lowest BCUT2D eigenvalue weighted by Crippen LogP contribution is -2.35. The van der Waals surface area contributed by atoms with Gasteiger partial charge >= 0.3 is 0 Å². The van der Waals surface area contributed by atoms with Gasteiger partial charge in [0, 0.05) is 24.0 Å². The SMILES string of the molecule is Cc1cc(CNC(C)(C)C)nc(-c2ncccc2Cl)n1. The molecule has 0 saturated carbocycles. The number of rotatable bonds is 3. The van der Waals surface area contributed by atoms with Crippen LogP contribution in [0.25, 0.3) is 11.5 Å². The first kappa shape index (κ1) is 14.9. The Morgan fingerprint density at radius 1 is 1.25 bits per heavy atom. The number of nitrogens with zero attached hydrogens (tertiary/aromatic N) is 3. The summed E-state index contributed by atoms with van der Waals surface area (Å²) in [5.74, 6) is 0.571. The molecule has 2 aromatic heterocycles. The second kappa shape index (κ2) is 5.85. The lowest BCUT2D eigenvalue weighted by atomic mass is 10.1. The van der Waals surface area contributed by atoms with Gasteiger partial charge in [-0.05, 0) is 45.9 Å². The van der Waals surface area contributed by atoms with Crippen molar-refractivity contribution in [3.05, 3.63) is 40.8 Å². The molecule has 0 fully saturated rings. The van der Waals surface area contributed by atoms with Gasteiger partial charge in [-0.3, -0.25) is 4.98 Å². The Kier molecular flexibility index (Phi) is 4.35. The third kappa shape index (κ3) is 3.99. The van der Waals surface area contributed by atoms with Crippen molar-refractivity contribution < 1.29 is 0 Å². The summed E-state index contributed by atoms with van der Waals surface area (Å²) in [5.41, 5.74) is 2.50. The van der Waals surface area contributed by atoms with Gasteiger partial charge in [0.25, 0.3) is 0 Å². The van der Waals surface area contributed by atoms with Crippen LogP contribution in [0.15, 0.2) is 24.4 Å². The summed E-state index contributed by atoms with van der Waals surface area (Å²) in [5, 5.41) is 3.98. The molecule has 2 aromatic rings. The fraction of sp³-hybridized carbons (Fsp3) is 0.400. The molecule has 2 rings (SSSR count). The van der Waals surface area contributed by atoms with Crippen LogP contribution in [0.1, 0.15) is 32.2 Å². The molecule has 0 unspecified atom stereocenters. The Hall–Kier alpha value is -1.52. The van der Waals surface area contributed by atoms with Crippen molar-refractivity contribution >= 4 is 11.6 Å². The van der Waals surface area contributed by atoms with E-state index in [2.05, 4.69) is 41.0 Å². The fourth-order valence-corrected chi connectivity index (χ4v) is 1.94. The molecule has 0 aliphatic rings. The number of aromatic nitrogens is 3. The first-order chi connectivity index (χ1) is 9.35. The molecule has 5 heteroatoms. The average molecular weight is 291 g/mol. The summed E-state index contributed by atoms with van der Waals surface area (Å²) in [6, 6.07) is 5.56. The Labute approximate surface area is 124 Å². The minimum atomic E-state index is 0.0433. The minimum Gasteiger partial charge on any atom is -0.306 e. The second-order valence-corrected chi connectivity index (χ2v) is 6.17. The standard InChI is InChI=1S/C15H19ClN4/c1-10-8-11(9-18-15(2,3)4)20-14(19-10)13-12(16)6-5-7-17-13/h5-8,18H,9H2,1-4H3. The van der Waals surface area contributed by atoms with Crippen LogP contribution >= 0.6 is 11.6 Å². The van der Waals surface area contributed by atoms with E-state index >= 15 is 0 Å². The molecule has 0 saturated heterocycles. The van der Waals surface area contributed by atoms with Crippen LogP contribution in [0.5, 0.6) is 0 Å². The van der Waals surface area contributed by atoms with Gasteiger partial charge in [0.05, 0.1) is 10.7 Å². The van der Waals surface area contributed by atoms with Crippen molar-refractivity contribution in [1.29, 1.82) is 0 Å². The van der Waals surface area contributed by atoms with Crippen molar-refractivity contribution in [3.63, 3.8) is 0 Å². The summed E-state index contributed by atoms with van der Waals surface area (Å²) >= 11 is 6.15. The molecule has 0 atom stereocenters. The predicted molar refractivity (Wildman–Crippen MR) is 81.6 cm³/mol. The fourth-order valence-electron chi connectivity index (χ4n) is 1.74. The van der Waals surface area contributed by atoms with Gasteiger partial charge in [0.15, 0.2) is 5.82 Å². The zero-order chi connectivity index (χ0) is 14.8. The Morgan fingerprint density at radius 3 is 2.65 bits per heavy atom. The van der Waals surface area contributed by atoms with Crippen LogP contribution in [-0.4, -0.2) is 20.5 Å². The van der Waals surface area contributed by atoms with E-state index in [-0.39, 0.29) is 5.54 Å². The number of hydrogen-bond acceptors (Lipinski definition) is 4. The molecule has 0 spiro atoms. The van der Waals surface area contributed by atoms with Crippen LogP contribution in [-0.2, 0) is 6.54 Å². The van der Waals surface area contributed by atoms with E-state index in [1.807, 2.05) is 13.0 Å². The van der Waals surface area contributed by atoms with E-state index in [0.29, 0.717) is 23.1 Å². The lowest BCUT2D eigenvalue weighted by molar-refractivity contribution is 0.421. The average Bonchev–Trinajstić information content (AvgIpc) is 2.35. The zero-order valence-corrected chi connectivity index (χ0v) is 13.0. The predicted octanol–water partition coefficient (Wildman–Crippen LogP) is 3.39. The largest absolute Gasteiger partial charge is 0.306 e. The molecule has 0 aliphatic carbocycles. The van der Waals surface area contributed by atoms with Crippen molar-refractivity contribution in [1.82, 2.24) is 20.3 Å². The molecular weight excluding hydrogens is 272 g/mol. The van der Waals surface area contributed by atoms with Gasteiger partial charge < -0.3 is 5.32 Å². The summed E-state index contributed by atoms with van der Waals surface area (Å²) in [6.07, 6.45) is 1.69. The van der Waals surface area contributed by atoms with Gasteiger partial charge in [-0.25, -0.2) is 9.97 Å². The number of halogens is 1. The molecule has 106 valence electrons. The molecule has 1 N–H and O–H groups in total. The van der Waals surface area contributed by atoms with Crippen LogP contribution in [0.2, 0.25) is 5.02 Å². The maximum absolute atomic E-state index is 6.15. The molecule has 0 aliphatic heterocycles. The van der Waals surface area contributed by atoms with Gasteiger partial charge in [-0.1, -0.05) is 11.6 Å². The van der Waals surface area contributed by atoms with Gasteiger partial charge in [-0.2, -0.15) is 0 Å². The molecule has 0 amide bonds. The molecule has 20 heavy (non-hydrogen) atoms. The number of nitrogens with one attached hydrogen (secondary N) is 1. The van der Waals surface area contributed by atoms with Gasteiger partial charge in [0.2, 0.25) is 0 Å². The summed E-state index contributed by atoms with van der Waals surface area (Å²) in [4.78, 5) is 13.2. The molecule has 2 heterocycles. The third-order valence-electron chi connectivity index (χ3n) is 2.68. The van der Waals surface area contributed by atoms with Crippen LogP contribution in [0.3, 0.4) is 0 Å². The normalized spacial score (nSPS) is 11.7. The van der Waals surface area contributed by atoms with Crippen molar-refractivity contribution in [2.75, 3.05) is 0 Å². The minimum absolute atomic E-state index is 0.0433. The van der Waals surface area contributed by atoms with Gasteiger partial charge in [0.1, 0.15) is 5.69 Å². The van der Waals surface area contributed by atoms with E-state index in [1.54, 1.807) is 18.3 Å².